The summed E-state index contributed by atoms with van der Waals surface area (Å²) in [5.41, 5.74) is 1.53. The van der Waals surface area contributed by atoms with E-state index in [1.165, 1.54) is 4.90 Å². The summed E-state index contributed by atoms with van der Waals surface area (Å²) >= 11 is 0. The van der Waals surface area contributed by atoms with Gasteiger partial charge < -0.3 is 15.3 Å². The fraction of sp³-hybridized carbons (Fsp3) is 0.429. The van der Waals surface area contributed by atoms with Gasteiger partial charge in [0.05, 0.1) is 18.5 Å². The van der Waals surface area contributed by atoms with Crippen molar-refractivity contribution in [3.63, 3.8) is 0 Å². The number of aromatic nitrogens is 1. The molecule has 7 heteroatoms. The van der Waals surface area contributed by atoms with Crippen molar-refractivity contribution >= 4 is 17.8 Å². The summed E-state index contributed by atoms with van der Waals surface area (Å²) in [4.78, 5) is 40.5. The van der Waals surface area contributed by atoms with Gasteiger partial charge in [0, 0.05) is 19.3 Å². The molecule has 1 aliphatic rings. The third-order valence-electron chi connectivity index (χ3n) is 3.46. The van der Waals surface area contributed by atoms with Crippen molar-refractivity contribution in [2.75, 3.05) is 13.1 Å². The van der Waals surface area contributed by atoms with Crippen molar-refractivity contribution < 1.29 is 19.5 Å². The van der Waals surface area contributed by atoms with Gasteiger partial charge >= 0.3 is 5.97 Å². The van der Waals surface area contributed by atoms with Gasteiger partial charge in [-0.15, -0.1) is 0 Å². The van der Waals surface area contributed by atoms with Crippen molar-refractivity contribution in [3.8, 4) is 0 Å². The van der Waals surface area contributed by atoms with E-state index in [4.69, 9.17) is 5.11 Å². The maximum atomic E-state index is 12.4. The van der Waals surface area contributed by atoms with Gasteiger partial charge in [0.15, 0.2) is 0 Å². The first-order valence-electron chi connectivity index (χ1n) is 6.68. The number of pyridine rings is 1. The van der Waals surface area contributed by atoms with E-state index in [9.17, 15) is 14.4 Å². The highest BCUT2D eigenvalue weighted by Gasteiger charge is 2.34. The van der Waals surface area contributed by atoms with Gasteiger partial charge in [-0.2, -0.15) is 0 Å². The quantitative estimate of drug-likeness (QED) is 0.796. The minimum absolute atomic E-state index is 0.0655. The average molecular weight is 291 g/mol. The molecule has 1 aromatic rings. The zero-order valence-electron chi connectivity index (χ0n) is 11.7. The lowest BCUT2D eigenvalue weighted by Crippen LogP contribution is -2.58. The van der Waals surface area contributed by atoms with Crippen molar-refractivity contribution in [1.29, 1.82) is 0 Å². The molecule has 0 spiro atoms. The van der Waals surface area contributed by atoms with E-state index < -0.39 is 24.3 Å². The molecule has 0 saturated carbocycles. The lowest BCUT2D eigenvalue weighted by Gasteiger charge is -2.34. The van der Waals surface area contributed by atoms with Gasteiger partial charge in [-0.3, -0.25) is 19.4 Å². The number of carboxylic acids is 1. The van der Waals surface area contributed by atoms with Gasteiger partial charge in [0.2, 0.25) is 11.8 Å². The Balaban J connectivity index is 2.14. The van der Waals surface area contributed by atoms with Crippen LogP contribution in [0, 0.1) is 6.92 Å². The van der Waals surface area contributed by atoms with Gasteiger partial charge in [0.1, 0.15) is 6.04 Å². The minimum Gasteiger partial charge on any atom is -0.481 e. The fourth-order valence-corrected chi connectivity index (χ4v) is 2.33. The molecule has 2 rings (SSSR count). The topological polar surface area (TPSA) is 99.6 Å². The Kier molecular flexibility index (Phi) is 4.52. The number of hydrogen-bond donors (Lipinski definition) is 2. The van der Waals surface area contributed by atoms with E-state index >= 15 is 0 Å². The first-order chi connectivity index (χ1) is 9.99. The third-order valence-corrected chi connectivity index (χ3v) is 3.46. The molecular formula is C14H17N3O4. The predicted octanol–water partition coefficient (Wildman–Crippen LogP) is -0.266. The first kappa shape index (κ1) is 15.0. The molecule has 1 fully saturated rings. The number of nitrogens with zero attached hydrogens (tertiary/aromatic N) is 2. The van der Waals surface area contributed by atoms with E-state index in [0.717, 1.165) is 5.56 Å². The fourth-order valence-electron chi connectivity index (χ4n) is 2.33. The number of hydrogen-bond acceptors (Lipinski definition) is 4. The number of carbonyl (C=O) groups excluding carboxylic acids is 2. The summed E-state index contributed by atoms with van der Waals surface area (Å²) in [5, 5.41) is 11.5. The number of piperazine rings is 1. The molecule has 0 aliphatic carbocycles. The summed E-state index contributed by atoms with van der Waals surface area (Å²) in [6.45, 7) is 2.50. The lowest BCUT2D eigenvalue weighted by molar-refractivity contribution is -0.148. The summed E-state index contributed by atoms with van der Waals surface area (Å²) in [7, 11) is 0. The number of carbonyl (C=O) groups is 3. The highest BCUT2D eigenvalue weighted by molar-refractivity contribution is 5.92. The zero-order valence-corrected chi connectivity index (χ0v) is 11.7. The summed E-state index contributed by atoms with van der Waals surface area (Å²) in [5.74, 6) is -1.81. The van der Waals surface area contributed by atoms with Crippen molar-refractivity contribution in [1.82, 2.24) is 15.2 Å². The molecule has 1 atom stereocenters. The normalized spacial score (nSPS) is 18.2. The van der Waals surface area contributed by atoms with Gasteiger partial charge in [-0.1, -0.05) is 6.07 Å². The van der Waals surface area contributed by atoms with E-state index in [0.29, 0.717) is 18.8 Å². The Morgan fingerprint density at radius 1 is 1.52 bits per heavy atom. The first-order valence-corrected chi connectivity index (χ1v) is 6.68. The van der Waals surface area contributed by atoms with Crippen LogP contribution in [0.4, 0.5) is 0 Å². The van der Waals surface area contributed by atoms with E-state index in [2.05, 4.69) is 10.3 Å². The Bertz CT molecular complexity index is 573. The average Bonchev–Trinajstić information content (AvgIpc) is 2.43. The van der Waals surface area contributed by atoms with Crippen LogP contribution in [0.3, 0.4) is 0 Å². The van der Waals surface area contributed by atoms with E-state index in [1.807, 2.05) is 13.0 Å². The molecule has 112 valence electrons. The smallest absolute Gasteiger partial charge is 0.305 e. The molecule has 0 aromatic carbocycles. The molecule has 0 bridgehead atoms. The molecule has 2 heterocycles. The maximum Gasteiger partial charge on any atom is 0.305 e. The zero-order chi connectivity index (χ0) is 15.4. The molecule has 2 amide bonds. The molecule has 2 N–H and O–H groups in total. The van der Waals surface area contributed by atoms with Crippen molar-refractivity contribution in [2.45, 2.75) is 25.8 Å². The third kappa shape index (κ3) is 3.56. The summed E-state index contributed by atoms with van der Waals surface area (Å²) < 4.78 is 0. The van der Waals surface area contributed by atoms with Gasteiger partial charge in [-0.25, -0.2) is 0 Å². The number of aliphatic carboxylic acids is 1. The summed E-state index contributed by atoms with van der Waals surface area (Å²) in [6, 6.07) is 2.69. The van der Waals surface area contributed by atoms with Crippen LogP contribution in [0.5, 0.6) is 0 Å². The highest BCUT2D eigenvalue weighted by Crippen LogP contribution is 2.13. The van der Waals surface area contributed by atoms with E-state index in [-0.39, 0.29) is 12.3 Å². The van der Waals surface area contributed by atoms with Crippen LogP contribution in [0.15, 0.2) is 18.3 Å². The molecule has 1 unspecified atom stereocenters. The van der Waals surface area contributed by atoms with Crippen molar-refractivity contribution in [3.05, 3.63) is 29.6 Å². The summed E-state index contributed by atoms with van der Waals surface area (Å²) in [6.07, 6.45) is 1.28. The van der Waals surface area contributed by atoms with Crippen LogP contribution in [-0.2, 0) is 20.8 Å². The highest BCUT2D eigenvalue weighted by atomic mass is 16.4. The standard InChI is InChI=1S/C14H17N3O4/c1-9-3-2-4-15-10(9)7-12(18)17-6-5-16-14(21)11(17)8-13(19)20/h2-4,11H,5-8H2,1H3,(H,16,21)(H,19,20). The predicted molar refractivity (Wildman–Crippen MR) is 73.4 cm³/mol. The number of rotatable bonds is 4. The Hall–Kier alpha value is -2.44. The van der Waals surface area contributed by atoms with Crippen LogP contribution in [-0.4, -0.2) is 51.9 Å². The number of amides is 2. The van der Waals surface area contributed by atoms with Crippen LogP contribution in [0.25, 0.3) is 0 Å². The minimum atomic E-state index is -1.11. The maximum absolute atomic E-state index is 12.4. The second-order valence-corrected chi connectivity index (χ2v) is 4.94. The largest absolute Gasteiger partial charge is 0.481 e. The Morgan fingerprint density at radius 3 is 2.95 bits per heavy atom. The monoisotopic (exact) mass is 291 g/mol. The molecular weight excluding hydrogens is 274 g/mol. The number of aryl methyl sites for hydroxylation is 1. The van der Waals surface area contributed by atoms with Gasteiger partial charge in [0.25, 0.3) is 0 Å². The van der Waals surface area contributed by atoms with Crippen LogP contribution < -0.4 is 5.32 Å². The number of carboxylic acid groups (broad SMARTS) is 1. The number of nitrogens with one attached hydrogen (secondary N) is 1. The lowest BCUT2D eigenvalue weighted by atomic mass is 10.1. The molecule has 7 nitrogen and oxygen atoms in total. The van der Waals surface area contributed by atoms with Crippen LogP contribution >= 0.6 is 0 Å². The second-order valence-electron chi connectivity index (χ2n) is 4.94. The van der Waals surface area contributed by atoms with Crippen LogP contribution in [0.1, 0.15) is 17.7 Å². The van der Waals surface area contributed by atoms with Crippen LogP contribution in [0.2, 0.25) is 0 Å². The van der Waals surface area contributed by atoms with Crippen molar-refractivity contribution in [2.24, 2.45) is 0 Å². The molecule has 1 saturated heterocycles. The van der Waals surface area contributed by atoms with E-state index in [1.54, 1.807) is 12.3 Å². The molecule has 0 radical (unpaired) electrons. The Morgan fingerprint density at radius 2 is 2.29 bits per heavy atom. The second kappa shape index (κ2) is 6.34. The molecule has 1 aromatic heterocycles. The Labute approximate surface area is 122 Å². The molecule has 21 heavy (non-hydrogen) atoms. The SMILES string of the molecule is Cc1cccnc1CC(=O)N1CCNC(=O)C1CC(=O)O. The molecule has 1 aliphatic heterocycles. The van der Waals surface area contributed by atoms with Gasteiger partial charge in [-0.05, 0) is 18.6 Å².